The number of carbonyl (C=O) groups excluding carboxylic acids is 1. The first-order chi connectivity index (χ1) is 10.2. The van der Waals surface area contributed by atoms with Crippen LogP contribution >= 0.6 is 0 Å². The van der Waals surface area contributed by atoms with Crippen molar-refractivity contribution in [3.63, 3.8) is 0 Å². The number of aliphatic hydroxyl groups is 1. The van der Waals surface area contributed by atoms with Crippen LogP contribution in [0.4, 0.5) is 0 Å². The average Bonchev–Trinajstić information content (AvgIpc) is 2.97. The van der Waals surface area contributed by atoms with Crippen LogP contribution in [0, 0.1) is 24.7 Å². The van der Waals surface area contributed by atoms with Gasteiger partial charge < -0.3 is 10.0 Å². The molecule has 0 saturated carbocycles. The smallest absolute Gasteiger partial charge is 0.254 e. The number of likely N-dealkylation sites (tertiary alicyclic amines) is 1. The molecule has 1 aromatic rings. The van der Waals surface area contributed by atoms with Gasteiger partial charge >= 0.3 is 0 Å². The Morgan fingerprint density at radius 3 is 2.95 bits per heavy atom. The fraction of sp³-hybridized carbons (Fsp3) is 0.500. The molecule has 1 aliphatic heterocycles. The lowest BCUT2D eigenvalue weighted by Gasteiger charge is -2.17. The molecule has 112 valence electrons. The number of carbonyl (C=O) groups is 1. The van der Waals surface area contributed by atoms with Gasteiger partial charge in [0.25, 0.3) is 5.91 Å². The maximum atomic E-state index is 12.6. The van der Waals surface area contributed by atoms with Gasteiger partial charge in [0.15, 0.2) is 0 Å². The van der Waals surface area contributed by atoms with E-state index in [4.69, 9.17) is 5.11 Å². The molecule has 21 heavy (non-hydrogen) atoms. The minimum atomic E-state index is 0.0663. The highest BCUT2D eigenvalue weighted by Gasteiger charge is 2.26. The first-order valence-corrected chi connectivity index (χ1v) is 7.65. The van der Waals surface area contributed by atoms with Crippen LogP contribution in [0.5, 0.6) is 0 Å². The van der Waals surface area contributed by atoms with Crippen LogP contribution < -0.4 is 0 Å². The molecule has 1 aromatic carbocycles. The summed E-state index contributed by atoms with van der Waals surface area (Å²) in [6, 6.07) is 5.75. The second-order valence-corrected chi connectivity index (χ2v) is 5.62. The predicted molar refractivity (Wildman–Crippen MR) is 84.1 cm³/mol. The fourth-order valence-electron chi connectivity index (χ4n) is 2.67. The van der Waals surface area contributed by atoms with Crippen LogP contribution in [0.3, 0.4) is 0 Å². The molecule has 1 unspecified atom stereocenters. The molecule has 1 atom stereocenters. The predicted octanol–water partition coefficient (Wildman–Crippen LogP) is 2.60. The van der Waals surface area contributed by atoms with Crippen molar-refractivity contribution in [3.05, 3.63) is 34.9 Å². The minimum absolute atomic E-state index is 0.0663. The second kappa shape index (κ2) is 7.28. The summed E-state index contributed by atoms with van der Waals surface area (Å²) in [5.41, 5.74) is 2.58. The van der Waals surface area contributed by atoms with Gasteiger partial charge in [-0.15, -0.1) is 0 Å². The van der Waals surface area contributed by atoms with Crippen molar-refractivity contribution in [2.75, 3.05) is 19.7 Å². The normalized spacial score (nSPS) is 17.5. The lowest BCUT2D eigenvalue weighted by molar-refractivity contribution is 0.0786. The third-order valence-corrected chi connectivity index (χ3v) is 4.09. The quantitative estimate of drug-likeness (QED) is 0.867. The first-order valence-electron chi connectivity index (χ1n) is 7.65. The molecule has 1 saturated heterocycles. The van der Waals surface area contributed by atoms with Gasteiger partial charge in [-0.1, -0.05) is 31.3 Å². The van der Waals surface area contributed by atoms with Crippen LogP contribution in [0.2, 0.25) is 0 Å². The summed E-state index contributed by atoms with van der Waals surface area (Å²) in [7, 11) is 0. The molecular weight excluding hydrogens is 262 g/mol. The number of amides is 1. The van der Waals surface area contributed by atoms with Gasteiger partial charge in [-0.25, -0.2) is 0 Å². The van der Waals surface area contributed by atoms with Crippen LogP contribution in [-0.2, 0) is 0 Å². The van der Waals surface area contributed by atoms with E-state index in [1.165, 1.54) is 0 Å². The third-order valence-electron chi connectivity index (χ3n) is 4.09. The van der Waals surface area contributed by atoms with Crippen LogP contribution in [0.25, 0.3) is 0 Å². The van der Waals surface area contributed by atoms with Gasteiger partial charge in [0.1, 0.15) is 0 Å². The number of aryl methyl sites for hydroxylation is 1. The third kappa shape index (κ3) is 3.86. The summed E-state index contributed by atoms with van der Waals surface area (Å²) in [5.74, 6) is 6.66. The summed E-state index contributed by atoms with van der Waals surface area (Å²) in [5, 5.41) is 8.76. The molecule has 1 heterocycles. The summed E-state index contributed by atoms with van der Waals surface area (Å²) >= 11 is 0. The van der Waals surface area contributed by atoms with Gasteiger partial charge in [0.05, 0.1) is 6.61 Å². The standard InChI is InChI=1S/C18H23NO2/c1-3-15-9-10-19(13-15)18(21)17-12-16(6-4-5-11-20)8-7-14(17)2/h7-8,12,15,20H,3,5,9-11,13H2,1-2H3. The van der Waals surface area contributed by atoms with Crippen LogP contribution in [-0.4, -0.2) is 35.6 Å². The molecule has 1 N–H and O–H groups in total. The van der Waals surface area contributed by atoms with E-state index in [2.05, 4.69) is 18.8 Å². The molecule has 1 amide bonds. The zero-order valence-corrected chi connectivity index (χ0v) is 12.9. The molecule has 0 aliphatic carbocycles. The summed E-state index contributed by atoms with van der Waals surface area (Å²) in [6.45, 7) is 5.94. The Kier molecular flexibility index (Phi) is 5.41. The Hall–Kier alpha value is -1.79. The van der Waals surface area contributed by atoms with E-state index in [0.29, 0.717) is 12.3 Å². The summed E-state index contributed by atoms with van der Waals surface area (Å²) < 4.78 is 0. The summed E-state index contributed by atoms with van der Waals surface area (Å²) in [4.78, 5) is 14.6. The van der Waals surface area contributed by atoms with Gasteiger partial charge in [-0.05, 0) is 37.0 Å². The number of hydrogen-bond donors (Lipinski definition) is 1. The largest absolute Gasteiger partial charge is 0.395 e. The first kappa shape index (κ1) is 15.6. The maximum Gasteiger partial charge on any atom is 0.254 e. The van der Waals surface area contributed by atoms with Crippen LogP contribution in [0.1, 0.15) is 47.7 Å². The average molecular weight is 285 g/mol. The topological polar surface area (TPSA) is 40.5 Å². The molecule has 0 spiro atoms. The molecule has 0 radical (unpaired) electrons. The zero-order valence-electron chi connectivity index (χ0n) is 12.9. The fourth-order valence-corrected chi connectivity index (χ4v) is 2.67. The number of rotatable bonds is 3. The van der Waals surface area contributed by atoms with E-state index >= 15 is 0 Å². The summed E-state index contributed by atoms with van der Waals surface area (Å²) in [6.07, 6.45) is 2.70. The monoisotopic (exact) mass is 285 g/mol. The molecular formula is C18H23NO2. The Labute approximate surface area is 127 Å². The van der Waals surface area contributed by atoms with Crippen molar-refractivity contribution in [2.24, 2.45) is 5.92 Å². The Morgan fingerprint density at radius 1 is 1.48 bits per heavy atom. The lowest BCUT2D eigenvalue weighted by Crippen LogP contribution is -2.29. The van der Waals surface area contributed by atoms with E-state index in [-0.39, 0.29) is 12.5 Å². The number of benzene rings is 1. The Morgan fingerprint density at radius 2 is 2.29 bits per heavy atom. The molecule has 3 heteroatoms. The lowest BCUT2D eigenvalue weighted by atomic mass is 10.0. The molecule has 3 nitrogen and oxygen atoms in total. The highest BCUT2D eigenvalue weighted by Crippen LogP contribution is 2.22. The van der Waals surface area contributed by atoms with E-state index in [9.17, 15) is 4.79 Å². The highest BCUT2D eigenvalue weighted by atomic mass is 16.2. The number of hydrogen-bond acceptors (Lipinski definition) is 2. The van der Waals surface area contributed by atoms with Crippen molar-refractivity contribution >= 4 is 5.91 Å². The zero-order chi connectivity index (χ0) is 15.2. The van der Waals surface area contributed by atoms with Gasteiger partial charge in [0, 0.05) is 30.6 Å². The Balaban J connectivity index is 2.17. The van der Waals surface area contributed by atoms with E-state index in [0.717, 1.165) is 42.6 Å². The van der Waals surface area contributed by atoms with Gasteiger partial charge in [-0.2, -0.15) is 0 Å². The van der Waals surface area contributed by atoms with E-state index < -0.39 is 0 Å². The van der Waals surface area contributed by atoms with Gasteiger partial charge in [0.2, 0.25) is 0 Å². The van der Waals surface area contributed by atoms with E-state index in [1.807, 2.05) is 30.0 Å². The minimum Gasteiger partial charge on any atom is -0.395 e. The Bertz CT molecular complexity index is 568. The number of aliphatic hydroxyl groups excluding tert-OH is 1. The molecule has 1 aliphatic rings. The highest BCUT2D eigenvalue weighted by molar-refractivity contribution is 5.96. The van der Waals surface area contributed by atoms with Gasteiger partial charge in [-0.3, -0.25) is 4.79 Å². The molecule has 0 bridgehead atoms. The maximum absolute atomic E-state index is 12.6. The van der Waals surface area contributed by atoms with E-state index in [1.54, 1.807) is 0 Å². The van der Waals surface area contributed by atoms with Crippen molar-refractivity contribution in [1.29, 1.82) is 0 Å². The SMILES string of the molecule is CCC1CCN(C(=O)c2cc(C#CCCO)ccc2C)C1. The second-order valence-electron chi connectivity index (χ2n) is 5.62. The molecule has 1 fully saturated rings. The molecule has 0 aromatic heterocycles. The molecule has 2 rings (SSSR count). The van der Waals surface area contributed by atoms with Crippen molar-refractivity contribution in [1.82, 2.24) is 4.90 Å². The van der Waals surface area contributed by atoms with Crippen LogP contribution in [0.15, 0.2) is 18.2 Å². The van der Waals surface area contributed by atoms with Crippen molar-refractivity contribution in [2.45, 2.75) is 33.1 Å². The number of nitrogens with zero attached hydrogens (tertiary/aromatic N) is 1. The van der Waals surface area contributed by atoms with Crippen molar-refractivity contribution < 1.29 is 9.90 Å². The van der Waals surface area contributed by atoms with Crippen molar-refractivity contribution in [3.8, 4) is 11.8 Å².